The minimum Gasteiger partial charge on any atom is -0.394 e. The van der Waals surface area contributed by atoms with Crippen LogP contribution >= 0.6 is 11.6 Å². The van der Waals surface area contributed by atoms with Gasteiger partial charge in [0.1, 0.15) is 6.10 Å². The first kappa shape index (κ1) is 21.6. The van der Waals surface area contributed by atoms with Crippen molar-refractivity contribution in [1.82, 2.24) is 15.5 Å². The van der Waals surface area contributed by atoms with Crippen LogP contribution in [0.25, 0.3) is 0 Å². The van der Waals surface area contributed by atoms with Crippen LogP contribution in [0.3, 0.4) is 0 Å². The number of nitrogens with zero attached hydrogens (tertiary/aromatic N) is 1. The van der Waals surface area contributed by atoms with Gasteiger partial charge in [-0.05, 0) is 44.6 Å². The fourth-order valence-electron chi connectivity index (χ4n) is 3.07. The predicted octanol–water partition coefficient (Wildman–Crippen LogP) is 0.933. The molecular formula is C19H28ClN3O4. The molecule has 3 N–H and O–H groups in total. The topological polar surface area (TPSA) is 90.9 Å². The number of rotatable bonds is 8. The highest BCUT2D eigenvalue weighted by atomic mass is 35.5. The van der Waals surface area contributed by atoms with Gasteiger partial charge in [-0.15, -0.1) is 0 Å². The molecule has 0 radical (unpaired) electrons. The van der Waals surface area contributed by atoms with Crippen molar-refractivity contribution < 1.29 is 19.4 Å². The van der Waals surface area contributed by atoms with Crippen LogP contribution in [0.5, 0.6) is 0 Å². The summed E-state index contributed by atoms with van der Waals surface area (Å²) in [5.74, 6) is -0.215. The Bertz CT molecular complexity index is 624. The minimum absolute atomic E-state index is 0.105. The third-order valence-electron chi connectivity index (χ3n) is 4.42. The van der Waals surface area contributed by atoms with E-state index in [1.807, 2.05) is 26.2 Å². The van der Waals surface area contributed by atoms with E-state index >= 15 is 0 Å². The minimum atomic E-state index is -0.501. The van der Waals surface area contributed by atoms with Crippen LogP contribution in [0.15, 0.2) is 24.3 Å². The highest BCUT2D eigenvalue weighted by Crippen LogP contribution is 2.22. The van der Waals surface area contributed by atoms with Crippen molar-refractivity contribution in [3.63, 3.8) is 0 Å². The first-order chi connectivity index (χ1) is 12.9. The van der Waals surface area contributed by atoms with Crippen LogP contribution in [-0.4, -0.2) is 67.3 Å². The van der Waals surface area contributed by atoms with Gasteiger partial charge < -0.3 is 25.4 Å². The van der Waals surface area contributed by atoms with Crippen molar-refractivity contribution in [2.45, 2.75) is 44.1 Å². The molecule has 0 unspecified atom stereocenters. The summed E-state index contributed by atoms with van der Waals surface area (Å²) in [7, 11) is 3.64. The largest absolute Gasteiger partial charge is 0.394 e. The maximum Gasteiger partial charge on any atom is 0.234 e. The lowest BCUT2D eigenvalue weighted by Crippen LogP contribution is -2.52. The fraction of sp³-hybridized carbons (Fsp3) is 0.579. The molecule has 1 heterocycles. The molecule has 3 atom stereocenters. The third kappa shape index (κ3) is 7.46. The summed E-state index contributed by atoms with van der Waals surface area (Å²) >= 11 is 5.85. The molecule has 0 saturated carbocycles. The molecule has 0 spiro atoms. The van der Waals surface area contributed by atoms with E-state index < -0.39 is 6.10 Å². The molecule has 1 aromatic rings. The summed E-state index contributed by atoms with van der Waals surface area (Å²) in [5.41, 5.74) is 0.967. The van der Waals surface area contributed by atoms with Gasteiger partial charge in [-0.3, -0.25) is 9.59 Å². The van der Waals surface area contributed by atoms with Gasteiger partial charge in [-0.1, -0.05) is 23.7 Å². The fourth-order valence-corrected chi connectivity index (χ4v) is 3.19. The summed E-state index contributed by atoms with van der Waals surface area (Å²) < 4.78 is 5.84. The standard InChI is InChI=1S/C19H28ClN3O4/c1-23(2)11-19(26)22-16-8-7-15(27-17(16)12-24)9-18(25)21-10-13-3-5-14(20)6-4-13/h3-6,15-17,24H,7-12H2,1-2H3,(H,21,25)(H,22,26)/t15-,16-,17+/m1/s1. The summed E-state index contributed by atoms with van der Waals surface area (Å²) in [6.07, 6.45) is 0.771. The summed E-state index contributed by atoms with van der Waals surface area (Å²) in [4.78, 5) is 25.9. The second-order valence-electron chi connectivity index (χ2n) is 7.08. The Kier molecular flexibility index (Phi) is 8.50. The Morgan fingerprint density at radius 2 is 1.93 bits per heavy atom. The molecule has 0 bridgehead atoms. The zero-order chi connectivity index (χ0) is 19.8. The molecular weight excluding hydrogens is 370 g/mol. The molecule has 1 saturated heterocycles. The SMILES string of the molecule is CN(C)CC(=O)N[C@@H]1CC[C@H](CC(=O)NCc2ccc(Cl)cc2)O[C@H]1CO. The number of halogens is 1. The highest BCUT2D eigenvalue weighted by molar-refractivity contribution is 6.30. The Hall–Kier alpha value is -1.67. The van der Waals surface area contributed by atoms with Crippen LogP contribution in [0.4, 0.5) is 0 Å². The van der Waals surface area contributed by atoms with E-state index in [1.54, 1.807) is 17.0 Å². The Balaban J connectivity index is 1.77. The predicted molar refractivity (Wildman–Crippen MR) is 103 cm³/mol. The second-order valence-corrected chi connectivity index (χ2v) is 7.51. The quantitative estimate of drug-likeness (QED) is 0.607. The van der Waals surface area contributed by atoms with Crippen LogP contribution in [0.1, 0.15) is 24.8 Å². The molecule has 2 amide bonds. The van der Waals surface area contributed by atoms with E-state index in [1.165, 1.54) is 0 Å². The first-order valence-electron chi connectivity index (χ1n) is 9.09. The number of likely N-dealkylation sites (N-methyl/N-ethyl adjacent to an activating group) is 1. The van der Waals surface area contributed by atoms with Crippen molar-refractivity contribution in [2.75, 3.05) is 27.2 Å². The number of carbonyl (C=O) groups excluding carboxylic acids is 2. The summed E-state index contributed by atoms with van der Waals surface area (Å²) in [5, 5.41) is 16.0. The van der Waals surface area contributed by atoms with Gasteiger partial charge in [0.05, 0.1) is 31.7 Å². The molecule has 0 aliphatic carbocycles. The maximum atomic E-state index is 12.2. The smallest absolute Gasteiger partial charge is 0.234 e. The lowest BCUT2D eigenvalue weighted by molar-refractivity contribution is -0.136. The monoisotopic (exact) mass is 397 g/mol. The Labute approximate surface area is 165 Å². The van der Waals surface area contributed by atoms with Gasteiger partial charge in [-0.25, -0.2) is 0 Å². The van der Waals surface area contributed by atoms with E-state index in [4.69, 9.17) is 16.3 Å². The molecule has 1 aromatic carbocycles. The number of benzene rings is 1. The van der Waals surface area contributed by atoms with Crippen LogP contribution in [0, 0.1) is 0 Å². The van der Waals surface area contributed by atoms with Crippen molar-refractivity contribution in [3.8, 4) is 0 Å². The summed E-state index contributed by atoms with van der Waals surface area (Å²) in [6.45, 7) is 0.510. The van der Waals surface area contributed by atoms with Crippen molar-refractivity contribution in [3.05, 3.63) is 34.9 Å². The molecule has 1 fully saturated rings. The first-order valence-corrected chi connectivity index (χ1v) is 9.46. The van der Waals surface area contributed by atoms with Crippen molar-refractivity contribution in [2.24, 2.45) is 0 Å². The van der Waals surface area contributed by atoms with E-state index in [2.05, 4.69) is 10.6 Å². The molecule has 0 aromatic heterocycles. The third-order valence-corrected chi connectivity index (χ3v) is 4.67. The average Bonchev–Trinajstić information content (AvgIpc) is 2.61. The Morgan fingerprint density at radius 3 is 2.56 bits per heavy atom. The number of hydrogen-bond acceptors (Lipinski definition) is 5. The zero-order valence-electron chi connectivity index (χ0n) is 15.8. The number of aliphatic hydroxyl groups excluding tert-OH is 1. The molecule has 8 heteroatoms. The van der Waals surface area contributed by atoms with Crippen molar-refractivity contribution >= 4 is 23.4 Å². The van der Waals surface area contributed by atoms with Crippen LogP contribution < -0.4 is 10.6 Å². The van der Waals surface area contributed by atoms with E-state index in [0.29, 0.717) is 24.4 Å². The normalized spacial score (nSPS) is 22.5. The molecule has 2 rings (SSSR count). The molecule has 1 aliphatic heterocycles. The van der Waals surface area contributed by atoms with E-state index in [9.17, 15) is 14.7 Å². The van der Waals surface area contributed by atoms with Gasteiger partial charge in [0.15, 0.2) is 0 Å². The lowest BCUT2D eigenvalue weighted by Gasteiger charge is -2.36. The number of nitrogens with one attached hydrogen (secondary N) is 2. The van der Waals surface area contributed by atoms with Gasteiger partial charge in [0.25, 0.3) is 0 Å². The van der Waals surface area contributed by atoms with E-state index in [-0.39, 0.29) is 43.5 Å². The molecule has 27 heavy (non-hydrogen) atoms. The number of carbonyl (C=O) groups is 2. The molecule has 1 aliphatic rings. The van der Waals surface area contributed by atoms with Gasteiger partial charge in [0.2, 0.25) is 11.8 Å². The van der Waals surface area contributed by atoms with Crippen LogP contribution in [-0.2, 0) is 20.9 Å². The number of aliphatic hydroxyl groups is 1. The van der Waals surface area contributed by atoms with Gasteiger partial charge in [-0.2, -0.15) is 0 Å². The van der Waals surface area contributed by atoms with Crippen LogP contribution in [0.2, 0.25) is 5.02 Å². The second kappa shape index (κ2) is 10.6. The van der Waals surface area contributed by atoms with E-state index in [0.717, 1.165) is 5.56 Å². The van der Waals surface area contributed by atoms with Gasteiger partial charge in [0, 0.05) is 11.6 Å². The number of amides is 2. The number of ether oxygens (including phenoxy) is 1. The highest BCUT2D eigenvalue weighted by Gasteiger charge is 2.32. The van der Waals surface area contributed by atoms with Gasteiger partial charge >= 0.3 is 0 Å². The molecule has 7 nitrogen and oxygen atoms in total. The average molecular weight is 398 g/mol. The van der Waals surface area contributed by atoms with Crippen molar-refractivity contribution in [1.29, 1.82) is 0 Å². The lowest BCUT2D eigenvalue weighted by atomic mass is 9.97. The maximum absolute atomic E-state index is 12.2. The number of hydrogen-bond donors (Lipinski definition) is 3. The zero-order valence-corrected chi connectivity index (χ0v) is 16.5. The summed E-state index contributed by atoms with van der Waals surface area (Å²) in [6, 6.07) is 7.05. The Morgan fingerprint density at radius 1 is 1.22 bits per heavy atom. The molecule has 150 valence electrons.